The number of non-ortho nitro benzene ring substituents is 1. The molecule has 2 aliphatic heterocycles. The molecule has 0 spiro atoms. The first kappa shape index (κ1) is 20.2. The zero-order valence-corrected chi connectivity index (χ0v) is 17.2. The number of nitro benzene ring substituents is 1. The van der Waals surface area contributed by atoms with Crippen molar-refractivity contribution >= 4 is 17.2 Å². The van der Waals surface area contributed by atoms with Gasteiger partial charge in [0.25, 0.3) is 17.2 Å². The Kier molecular flexibility index (Phi) is 5.34. The number of β-amino-alcohol motifs (C(OH)–C–C–N with tert-alkyl or cyclic N) is 1. The van der Waals surface area contributed by atoms with E-state index in [1.807, 2.05) is 22.8 Å². The Balaban J connectivity index is 1.82. The minimum Gasteiger partial charge on any atom is -0.497 e. The molecule has 2 aliphatic rings. The quantitative estimate of drug-likeness (QED) is 0.461. The van der Waals surface area contributed by atoms with Crippen LogP contribution in [0.1, 0.15) is 31.2 Å². The maximum Gasteiger partial charge on any atom is 0.271 e. The van der Waals surface area contributed by atoms with Gasteiger partial charge in [-0.3, -0.25) is 10.1 Å². The van der Waals surface area contributed by atoms with Crippen LogP contribution in [0.2, 0.25) is 0 Å². The van der Waals surface area contributed by atoms with Crippen molar-refractivity contribution in [1.29, 1.82) is 0 Å². The molecular formula is C22H26N3O5+. The molecule has 0 radical (unpaired) electrons. The van der Waals surface area contributed by atoms with E-state index in [2.05, 4.69) is 4.90 Å². The molecule has 30 heavy (non-hydrogen) atoms. The summed E-state index contributed by atoms with van der Waals surface area (Å²) in [4.78, 5) is 12.7. The predicted molar refractivity (Wildman–Crippen MR) is 112 cm³/mol. The maximum atomic E-state index is 11.9. The van der Waals surface area contributed by atoms with Crippen LogP contribution in [0, 0.1) is 10.1 Å². The van der Waals surface area contributed by atoms with Gasteiger partial charge in [0.1, 0.15) is 5.75 Å². The molecule has 0 fully saturated rings. The highest BCUT2D eigenvalue weighted by atomic mass is 16.6. The van der Waals surface area contributed by atoms with Crippen LogP contribution in [0.4, 0.5) is 11.4 Å². The fourth-order valence-electron chi connectivity index (χ4n) is 4.40. The number of ether oxygens (including phenoxy) is 2. The van der Waals surface area contributed by atoms with E-state index in [-0.39, 0.29) is 5.69 Å². The van der Waals surface area contributed by atoms with Crippen molar-refractivity contribution in [2.24, 2.45) is 0 Å². The van der Waals surface area contributed by atoms with Gasteiger partial charge < -0.3 is 14.6 Å². The van der Waals surface area contributed by atoms with E-state index < -0.39 is 10.6 Å². The molecule has 0 unspecified atom stereocenters. The highest BCUT2D eigenvalue weighted by Crippen LogP contribution is 2.40. The molecule has 0 aliphatic carbocycles. The van der Waals surface area contributed by atoms with Gasteiger partial charge in [-0.15, -0.1) is 0 Å². The molecule has 4 rings (SSSR count). The Bertz CT molecular complexity index is 989. The molecule has 1 atom stereocenters. The Morgan fingerprint density at radius 1 is 1.10 bits per heavy atom. The number of hydrogen-bond donors (Lipinski definition) is 1. The molecule has 2 aromatic carbocycles. The van der Waals surface area contributed by atoms with Crippen LogP contribution in [0.3, 0.4) is 0 Å². The second kappa shape index (κ2) is 7.95. The molecule has 0 saturated heterocycles. The van der Waals surface area contributed by atoms with Gasteiger partial charge in [-0.05, 0) is 43.5 Å². The lowest BCUT2D eigenvalue weighted by Crippen LogP contribution is -2.41. The number of nitro groups is 1. The van der Waals surface area contributed by atoms with Crippen LogP contribution in [-0.4, -0.2) is 47.8 Å². The molecular weight excluding hydrogens is 386 g/mol. The topological polar surface area (TPSA) is 88.1 Å². The van der Waals surface area contributed by atoms with Gasteiger partial charge in [-0.2, -0.15) is 0 Å². The lowest BCUT2D eigenvalue weighted by Gasteiger charge is -2.23. The Morgan fingerprint density at radius 2 is 1.87 bits per heavy atom. The second-order valence-electron chi connectivity index (χ2n) is 7.62. The zero-order valence-electron chi connectivity index (χ0n) is 17.2. The maximum absolute atomic E-state index is 11.9. The third-order valence-corrected chi connectivity index (χ3v) is 5.95. The molecule has 158 valence electrons. The van der Waals surface area contributed by atoms with Crippen LogP contribution in [0.5, 0.6) is 11.5 Å². The van der Waals surface area contributed by atoms with Crippen molar-refractivity contribution < 1.29 is 24.1 Å². The summed E-state index contributed by atoms with van der Waals surface area (Å²) in [5.74, 6) is 2.43. The van der Waals surface area contributed by atoms with Crippen molar-refractivity contribution in [3.05, 3.63) is 58.1 Å². The number of hydrogen-bond acceptors (Lipinski definition) is 6. The summed E-state index contributed by atoms with van der Waals surface area (Å²) in [6, 6.07) is 11.8. The molecule has 1 N–H and O–H groups in total. The SMILES string of the molecule is COc1ccc(OC)c(N2C[C@](O)(c3ccc([N+](=O)[O-])cc3)[N+]3=C2CCCCC3)c1. The van der Waals surface area contributed by atoms with E-state index in [1.165, 1.54) is 12.1 Å². The lowest BCUT2D eigenvalue weighted by molar-refractivity contribution is -0.658. The zero-order chi connectivity index (χ0) is 21.3. The Labute approximate surface area is 175 Å². The monoisotopic (exact) mass is 412 g/mol. The average Bonchev–Trinajstić information content (AvgIpc) is 2.91. The van der Waals surface area contributed by atoms with Gasteiger partial charge in [0.15, 0.2) is 18.0 Å². The normalized spacial score (nSPS) is 21.2. The fourth-order valence-corrected chi connectivity index (χ4v) is 4.40. The molecule has 0 bridgehead atoms. The van der Waals surface area contributed by atoms with E-state index in [0.29, 0.717) is 30.2 Å². The third kappa shape index (κ3) is 3.37. The summed E-state index contributed by atoms with van der Waals surface area (Å²) < 4.78 is 13.1. The molecule has 8 heteroatoms. The summed E-state index contributed by atoms with van der Waals surface area (Å²) in [5.41, 5.74) is 0.184. The number of amidine groups is 1. The van der Waals surface area contributed by atoms with E-state index in [9.17, 15) is 15.2 Å². The van der Waals surface area contributed by atoms with E-state index >= 15 is 0 Å². The number of benzene rings is 2. The second-order valence-corrected chi connectivity index (χ2v) is 7.62. The number of nitrogens with zero attached hydrogens (tertiary/aromatic N) is 3. The first-order chi connectivity index (χ1) is 14.5. The van der Waals surface area contributed by atoms with Crippen LogP contribution in [0.15, 0.2) is 42.5 Å². The smallest absolute Gasteiger partial charge is 0.271 e. The molecule has 0 saturated carbocycles. The Hall–Kier alpha value is -3.13. The van der Waals surface area contributed by atoms with E-state index in [0.717, 1.165) is 37.2 Å². The number of methoxy groups -OCH3 is 2. The highest BCUT2D eigenvalue weighted by Gasteiger charge is 2.52. The van der Waals surface area contributed by atoms with Gasteiger partial charge in [0.2, 0.25) is 0 Å². The first-order valence-electron chi connectivity index (χ1n) is 10.1. The van der Waals surface area contributed by atoms with E-state index in [1.54, 1.807) is 26.4 Å². The summed E-state index contributed by atoms with van der Waals surface area (Å²) in [7, 11) is 3.24. The van der Waals surface area contributed by atoms with Crippen LogP contribution >= 0.6 is 0 Å². The highest BCUT2D eigenvalue weighted by molar-refractivity contribution is 5.97. The standard InChI is InChI=1S/C22H26N3O5/c1-29-18-11-12-20(30-2)19(14-18)23-15-22(26,24-13-5-3-4-6-21(23)24)16-7-9-17(10-8-16)25(27)28/h7-12,14,26H,3-6,13,15H2,1-2H3/q+1/t22-/m0/s1. The van der Waals surface area contributed by atoms with Crippen molar-refractivity contribution in [2.75, 3.05) is 32.2 Å². The van der Waals surface area contributed by atoms with Gasteiger partial charge in [-0.25, -0.2) is 9.48 Å². The predicted octanol–water partition coefficient (Wildman–Crippen LogP) is 3.26. The van der Waals surface area contributed by atoms with Crippen LogP contribution in [-0.2, 0) is 5.72 Å². The average molecular weight is 412 g/mol. The Morgan fingerprint density at radius 3 is 2.53 bits per heavy atom. The van der Waals surface area contributed by atoms with Crippen molar-refractivity contribution in [2.45, 2.75) is 31.4 Å². The van der Waals surface area contributed by atoms with Crippen LogP contribution < -0.4 is 14.4 Å². The summed E-state index contributed by atoms with van der Waals surface area (Å²) in [5, 5.41) is 22.9. The summed E-state index contributed by atoms with van der Waals surface area (Å²) in [6.07, 6.45) is 3.92. The summed E-state index contributed by atoms with van der Waals surface area (Å²) >= 11 is 0. The van der Waals surface area contributed by atoms with Crippen LogP contribution in [0.25, 0.3) is 0 Å². The third-order valence-electron chi connectivity index (χ3n) is 5.95. The van der Waals surface area contributed by atoms with E-state index in [4.69, 9.17) is 9.47 Å². The largest absolute Gasteiger partial charge is 0.497 e. The first-order valence-corrected chi connectivity index (χ1v) is 10.1. The number of rotatable bonds is 5. The lowest BCUT2D eigenvalue weighted by atomic mass is 10.0. The van der Waals surface area contributed by atoms with Gasteiger partial charge >= 0.3 is 0 Å². The molecule has 0 aromatic heterocycles. The minimum absolute atomic E-state index is 0.00624. The molecule has 8 nitrogen and oxygen atoms in total. The van der Waals surface area contributed by atoms with Gasteiger partial charge in [0, 0.05) is 30.2 Å². The van der Waals surface area contributed by atoms with Crippen molar-refractivity contribution in [1.82, 2.24) is 0 Å². The number of aliphatic hydroxyl groups is 1. The summed E-state index contributed by atoms with van der Waals surface area (Å²) in [6.45, 7) is 1.01. The van der Waals surface area contributed by atoms with Crippen molar-refractivity contribution in [3.63, 3.8) is 0 Å². The minimum atomic E-state index is -1.29. The molecule has 2 aromatic rings. The van der Waals surface area contributed by atoms with Crippen molar-refractivity contribution in [3.8, 4) is 11.5 Å². The van der Waals surface area contributed by atoms with Gasteiger partial charge in [0.05, 0.1) is 25.7 Å². The number of anilines is 1. The molecule has 0 amide bonds. The van der Waals surface area contributed by atoms with Gasteiger partial charge in [-0.1, -0.05) is 0 Å². The molecule has 2 heterocycles. The fraction of sp³-hybridized carbons (Fsp3) is 0.409.